The van der Waals surface area contributed by atoms with Crippen molar-refractivity contribution >= 4 is 5.83 Å². The van der Waals surface area contributed by atoms with E-state index in [0.717, 1.165) is 6.07 Å². The molecule has 0 bridgehead atoms. The minimum absolute atomic E-state index is 0.148. The molecule has 0 aliphatic rings. The molecule has 3 aromatic carbocycles. The van der Waals surface area contributed by atoms with Crippen molar-refractivity contribution in [3.8, 4) is 39.4 Å². The van der Waals surface area contributed by atoms with Gasteiger partial charge in [0.25, 0.3) is 0 Å². The lowest BCUT2D eigenvalue weighted by atomic mass is 9.99. The first-order chi connectivity index (χ1) is 18.0. The van der Waals surface area contributed by atoms with Crippen molar-refractivity contribution in [1.82, 2.24) is 9.97 Å². The molecule has 4 rings (SSSR count). The summed E-state index contributed by atoms with van der Waals surface area (Å²) in [5.41, 5.74) is 1.29. The van der Waals surface area contributed by atoms with Crippen LogP contribution in [0.25, 0.3) is 39.5 Å². The molecule has 196 valence electrons. The Labute approximate surface area is 211 Å². The minimum atomic E-state index is -5.27. The van der Waals surface area contributed by atoms with Crippen LogP contribution in [-0.2, 0) is 0 Å². The Morgan fingerprint density at radius 2 is 1.32 bits per heavy atom. The molecule has 0 saturated heterocycles. The summed E-state index contributed by atoms with van der Waals surface area (Å²) in [6, 6.07) is 11.2. The van der Waals surface area contributed by atoms with Gasteiger partial charge in [0, 0.05) is 34.6 Å². The first kappa shape index (κ1) is 26.8. The van der Waals surface area contributed by atoms with Crippen LogP contribution in [0.15, 0.2) is 72.8 Å². The van der Waals surface area contributed by atoms with E-state index in [1.54, 1.807) is 24.3 Å². The zero-order chi connectivity index (χ0) is 27.6. The third kappa shape index (κ3) is 5.82. The summed E-state index contributed by atoms with van der Waals surface area (Å²) in [5.74, 6) is -7.72. The molecule has 1 aromatic heterocycles. The predicted octanol–water partition coefficient (Wildman–Crippen LogP) is 8.81. The molecule has 0 atom stereocenters. The summed E-state index contributed by atoms with van der Waals surface area (Å²) < 4.78 is 110. The van der Waals surface area contributed by atoms with Gasteiger partial charge in [-0.1, -0.05) is 43.3 Å². The SMILES string of the molecule is CC/C(F)=C(\F)c1ccc(-c2ccc(-c3cnc(-c4cc(F)c(OC(F)(F)F)c(F)c4)nc3)cc2)c(F)c1. The van der Waals surface area contributed by atoms with Crippen LogP contribution in [0, 0.1) is 17.5 Å². The van der Waals surface area contributed by atoms with Crippen LogP contribution in [0.5, 0.6) is 5.75 Å². The normalized spacial score (nSPS) is 12.3. The first-order valence-corrected chi connectivity index (χ1v) is 11.0. The van der Waals surface area contributed by atoms with Crippen molar-refractivity contribution < 1.29 is 39.9 Å². The zero-order valence-electron chi connectivity index (χ0n) is 19.4. The van der Waals surface area contributed by atoms with E-state index >= 15 is 0 Å². The highest BCUT2D eigenvalue weighted by Gasteiger charge is 2.34. The maximum absolute atomic E-state index is 14.6. The zero-order valence-corrected chi connectivity index (χ0v) is 19.4. The molecule has 0 unspecified atom stereocenters. The molecule has 4 aromatic rings. The molecule has 11 heteroatoms. The fourth-order valence-electron chi connectivity index (χ4n) is 3.57. The van der Waals surface area contributed by atoms with E-state index in [0.29, 0.717) is 28.8 Å². The molecule has 3 nitrogen and oxygen atoms in total. The summed E-state index contributed by atoms with van der Waals surface area (Å²) in [7, 11) is 0. The summed E-state index contributed by atoms with van der Waals surface area (Å²) in [4.78, 5) is 8.03. The molecule has 0 aliphatic carbocycles. The van der Waals surface area contributed by atoms with Gasteiger partial charge in [-0.05, 0) is 35.7 Å². The average Bonchev–Trinajstić information content (AvgIpc) is 2.89. The highest BCUT2D eigenvalue weighted by molar-refractivity contribution is 5.72. The quantitative estimate of drug-likeness (QED) is 0.231. The Morgan fingerprint density at radius 1 is 0.737 bits per heavy atom. The van der Waals surface area contributed by atoms with Crippen LogP contribution in [0.2, 0.25) is 0 Å². The molecule has 0 spiro atoms. The van der Waals surface area contributed by atoms with Crippen molar-refractivity contribution in [1.29, 1.82) is 0 Å². The molecular weight excluding hydrogens is 520 g/mol. The predicted molar refractivity (Wildman–Crippen MR) is 124 cm³/mol. The number of hydrogen-bond donors (Lipinski definition) is 0. The van der Waals surface area contributed by atoms with Gasteiger partial charge in [0.1, 0.15) is 11.6 Å². The second kappa shape index (κ2) is 10.6. The van der Waals surface area contributed by atoms with Crippen LogP contribution in [0.3, 0.4) is 0 Å². The van der Waals surface area contributed by atoms with Gasteiger partial charge >= 0.3 is 6.36 Å². The van der Waals surface area contributed by atoms with Gasteiger partial charge in [0.2, 0.25) is 5.75 Å². The van der Waals surface area contributed by atoms with Gasteiger partial charge in [0.15, 0.2) is 23.3 Å². The Bertz CT molecular complexity index is 1470. The highest BCUT2D eigenvalue weighted by Crippen LogP contribution is 2.33. The van der Waals surface area contributed by atoms with E-state index in [9.17, 15) is 35.1 Å². The number of rotatable bonds is 6. The summed E-state index contributed by atoms with van der Waals surface area (Å²) in [5, 5.41) is 0. The maximum atomic E-state index is 14.6. The van der Waals surface area contributed by atoms with E-state index in [1.807, 2.05) is 0 Å². The van der Waals surface area contributed by atoms with Gasteiger partial charge in [-0.25, -0.2) is 31.9 Å². The van der Waals surface area contributed by atoms with Crippen molar-refractivity contribution in [3.63, 3.8) is 0 Å². The van der Waals surface area contributed by atoms with E-state index < -0.39 is 41.2 Å². The molecule has 0 amide bonds. The van der Waals surface area contributed by atoms with Crippen LogP contribution < -0.4 is 4.74 Å². The number of allylic oxidation sites excluding steroid dienone is 1. The largest absolute Gasteiger partial charge is 0.573 e. The van der Waals surface area contributed by atoms with Crippen molar-refractivity contribution in [2.45, 2.75) is 19.7 Å². The topological polar surface area (TPSA) is 35.0 Å². The van der Waals surface area contributed by atoms with Crippen LogP contribution >= 0.6 is 0 Å². The molecule has 0 N–H and O–H groups in total. The van der Waals surface area contributed by atoms with Crippen LogP contribution in [-0.4, -0.2) is 16.3 Å². The number of benzene rings is 3. The van der Waals surface area contributed by atoms with Gasteiger partial charge in [-0.3, -0.25) is 0 Å². The standard InChI is InChI=1S/C27H16F8N2O/c1-2-20(28)24(32)16-7-8-19(21(29)9-16)15-5-3-14(4-6-15)18-12-36-26(37-13-18)17-10-22(30)25(23(31)11-17)38-27(33,34)35/h3-13H,2H2,1H3/b24-20+. The number of aromatic nitrogens is 2. The molecule has 0 aliphatic heterocycles. The second-order valence-corrected chi connectivity index (χ2v) is 7.96. The van der Waals surface area contributed by atoms with Crippen molar-refractivity contribution in [2.75, 3.05) is 0 Å². The van der Waals surface area contributed by atoms with Gasteiger partial charge < -0.3 is 4.74 Å². The third-order valence-electron chi connectivity index (χ3n) is 5.43. The Kier molecular flexibility index (Phi) is 7.47. The molecule has 38 heavy (non-hydrogen) atoms. The third-order valence-corrected chi connectivity index (χ3v) is 5.43. The monoisotopic (exact) mass is 536 g/mol. The minimum Gasteiger partial charge on any atom is -0.399 e. The number of ether oxygens (including phenoxy) is 1. The average molecular weight is 536 g/mol. The summed E-state index contributed by atoms with van der Waals surface area (Å²) >= 11 is 0. The van der Waals surface area contributed by atoms with Gasteiger partial charge in [-0.2, -0.15) is 0 Å². The highest BCUT2D eigenvalue weighted by atomic mass is 19.4. The van der Waals surface area contributed by atoms with Crippen molar-refractivity contribution in [2.24, 2.45) is 0 Å². The molecular formula is C27H16F8N2O. The number of nitrogens with zero attached hydrogens (tertiary/aromatic N) is 2. The Hall–Kier alpha value is -4.28. The lowest BCUT2D eigenvalue weighted by Gasteiger charge is -2.11. The molecule has 1 heterocycles. The number of halogens is 8. The van der Waals surface area contributed by atoms with E-state index in [1.165, 1.54) is 31.5 Å². The van der Waals surface area contributed by atoms with E-state index in [2.05, 4.69) is 14.7 Å². The Morgan fingerprint density at radius 3 is 1.84 bits per heavy atom. The van der Waals surface area contributed by atoms with Crippen LogP contribution in [0.1, 0.15) is 18.9 Å². The van der Waals surface area contributed by atoms with E-state index in [-0.39, 0.29) is 28.9 Å². The first-order valence-electron chi connectivity index (χ1n) is 11.0. The van der Waals surface area contributed by atoms with Crippen molar-refractivity contribution in [3.05, 3.63) is 95.8 Å². The lowest BCUT2D eigenvalue weighted by molar-refractivity contribution is -0.276. The molecule has 0 fully saturated rings. The smallest absolute Gasteiger partial charge is 0.399 e. The fraction of sp³-hybridized carbons (Fsp3) is 0.111. The van der Waals surface area contributed by atoms with E-state index in [4.69, 9.17) is 0 Å². The number of hydrogen-bond acceptors (Lipinski definition) is 3. The maximum Gasteiger partial charge on any atom is 0.573 e. The Balaban J connectivity index is 1.55. The summed E-state index contributed by atoms with van der Waals surface area (Å²) in [6.45, 7) is 1.44. The molecule has 0 radical (unpaired) electrons. The fourth-order valence-corrected chi connectivity index (χ4v) is 3.57. The lowest BCUT2D eigenvalue weighted by Crippen LogP contribution is -2.19. The second-order valence-electron chi connectivity index (χ2n) is 7.96. The van der Waals surface area contributed by atoms with Crippen LogP contribution in [0.4, 0.5) is 35.1 Å². The van der Waals surface area contributed by atoms with Gasteiger partial charge in [-0.15, -0.1) is 13.2 Å². The van der Waals surface area contributed by atoms with Gasteiger partial charge in [0.05, 0.1) is 0 Å². The number of alkyl halides is 3. The molecule has 0 saturated carbocycles. The summed E-state index contributed by atoms with van der Waals surface area (Å²) in [6.07, 6.45) is -2.76.